The predicted molar refractivity (Wildman–Crippen MR) is 66.4 cm³/mol. The number of anilines is 1. The Bertz CT molecular complexity index is 324. The fourth-order valence-corrected chi connectivity index (χ4v) is 1.94. The minimum atomic E-state index is -0.420. The lowest BCUT2D eigenvalue weighted by Crippen LogP contribution is -2.14. The van der Waals surface area contributed by atoms with Gasteiger partial charge in [0.1, 0.15) is 0 Å². The molecule has 0 heterocycles. The van der Waals surface area contributed by atoms with Crippen LogP contribution < -0.4 is 5.73 Å². The second-order valence-electron chi connectivity index (χ2n) is 4.54. The van der Waals surface area contributed by atoms with Crippen molar-refractivity contribution in [3.63, 3.8) is 0 Å². The topological polar surface area (TPSA) is 66.5 Å². The molecule has 1 aromatic carbocycles. The van der Waals surface area contributed by atoms with Gasteiger partial charge in [-0.15, -0.1) is 0 Å². The van der Waals surface area contributed by atoms with E-state index in [2.05, 4.69) is 0 Å². The predicted octanol–water partition coefficient (Wildman–Crippen LogP) is 1.42. The summed E-state index contributed by atoms with van der Waals surface area (Å²) in [4.78, 5) is 0. The Morgan fingerprint density at radius 2 is 1.56 bits per heavy atom. The van der Waals surface area contributed by atoms with Crippen LogP contribution in [0.5, 0.6) is 0 Å². The van der Waals surface area contributed by atoms with Gasteiger partial charge in [-0.2, -0.15) is 0 Å². The number of aliphatic hydroxyl groups excluding tert-OH is 2. The summed E-state index contributed by atoms with van der Waals surface area (Å²) in [5.74, 6) is 0. The molecule has 1 aromatic rings. The SMILES string of the molecule is Cc1ccc(N)c(CC(C)O)c1CC(C)O. The quantitative estimate of drug-likeness (QED) is 0.676. The molecular formula is C13H21NO2. The van der Waals surface area contributed by atoms with E-state index in [0.717, 1.165) is 16.7 Å². The van der Waals surface area contributed by atoms with E-state index in [1.165, 1.54) is 0 Å². The molecule has 0 amide bonds. The third-order valence-electron chi connectivity index (χ3n) is 2.70. The van der Waals surface area contributed by atoms with Crippen LogP contribution in [0.1, 0.15) is 30.5 Å². The minimum absolute atomic E-state index is 0.395. The third-order valence-corrected chi connectivity index (χ3v) is 2.70. The van der Waals surface area contributed by atoms with Gasteiger partial charge in [-0.05, 0) is 49.9 Å². The van der Waals surface area contributed by atoms with Crippen molar-refractivity contribution in [2.75, 3.05) is 5.73 Å². The number of hydrogen-bond acceptors (Lipinski definition) is 3. The summed E-state index contributed by atoms with van der Waals surface area (Å²) in [6.45, 7) is 5.51. The Balaban J connectivity index is 3.14. The van der Waals surface area contributed by atoms with Crippen molar-refractivity contribution in [2.24, 2.45) is 0 Å². The average Bonchev–Trinajstić information content (AvgIpc) is 2.16. The Hall–Kier alpha value is -1.06. The van der Waals surface area contributed by atoms with E-state index in [-0.39, 0.29) is 0 Å². The molecule has 0 aromatic heterocycles. The molecule has 0 aliphatic rings. The summed E-state index contributed by atoms with van der Waals surface area (Å²) >= 11 is 0. The second-order valence-corrected chi connectivity index (χ2v) is 4.54. The first kappa shape index (κ1) is 13.0. The number of aliphatic hydroxyl groups is 2. The lowest BCUT2D eigenvalue weighted by atomic mass is 9.92. The van der Waals surface area contributed by atoms with E-state index in [1.54, 1.807) is 13.8 Å². The first-order valence-corrected chi connectivity index (χ1v) is 5.64. The molecule has 0 bridgehead atoms. The van der Waals surface area contributed by atoms with Crippen molar-refractivity contribution in [3.8, 4) is 0 Å². The van der Waals surface area contributed by atoms with Crippen LogP contribution in [0.4, 0.5) is 5.69 Å². The van der Waals surface area contributed by atoms with Crippen molar-refractivity contribution in [2.45, 2.75) is 45.8 Å². The highest BCUT2D eigenvalue weighted by atomic mass is 16.3. The van der Waals surface area contributed by atoms with Gasteiger partial charge in [-0.1, -0.05) is 6.07 Å². The molecule has 0 saturated carbocycles. The zero-order valence-corrected chi connectivity index (χ0v) is 10.2. The van der Waals surface area contributed by atoms with Crippen LogP contribution in [0, 0.1) is 6.92 Å². The summed E-state index contributed by atoms with van der Waals surface area (Å²) in [6.07, 6.45) is 0.305. The standard InChI is InChI=1S/C13H21NO2/c1-8-4-5-13(14)12(7-10(3)16)11(8)6-9(2)15/h4-5,9-10,15-16H,6-7,14H2,1-3H3. The molecule has 4 N–H and O–H groups in total. The molecule has 0 fully saturated rings. The molecule has 2 atom stereocenters. The van der Waals surface area contributed by atoms with Gasteiger partial charge in [-0.25, -0.2) is 0 Å². The highest BCUT2D eigenvalue weighted by Gasteiger charge is 2.13. The highest BCUT2D eigenvalue weighted by Crippen LogP contribution is 2.24. The molecule has 3 heteroatoms. The fraction of sp³-hybridized carbons (Fsp3) is 0.538. The van der Waals surface area contributed by atoms with Crippen LogP contribution in [-0.2, 0) is 12.8 Å². The van der Waals surface area contributed by atoms with Gasteiger partial charge in [0.05, 0.1) is 12.2 Å². The maximum absolute atomic E-state index is 9.48. The maximum Gasteiger partial charge on any atom is 0.0553 e. The number of nitrogen functional groups attached to an aromatic ring is 1. The third kappa shape index (κ3) is 3.22. The second kappa shape index (κ2) is 5.32. The molecule has 90 valence electrons. The van der Waals surface area contributed by atoms with E-state index in [1.807, 2.05) is 19.1 Å². The van der Waals surface area contributed by atoms with Gasteiger partial charge in [0.25, 0.3) is 0 Å². The summed E-state index contributed by atoms with van der Waals surface area (Å²) in [5.41, 5.74) is 9.77. The smallest absolute Gasteiger partial charge is 0.0553 e. The largest absolute Gasteiger partial charge is 0.398 e. The molecule has 3 nitrogen and oxygen atoms in total. The van der Waals surface area contributed by atoms with Crippen molar-refractivity contribution in [3.05, 3.63) is 28.8 Å². The van der Waals surface area contributed by atoms with E-state index in [0.29, 0.717) is 18.5 Å². The van der Waals surface area contributed by atoms with Crippen LogP contribution in [-0.4, -0.2) is 22.4 Å². The van der Waals surface area contributed by atoms with Gasteiger partial charge in [0, 0.05) is 12.1 Å². The Kier molecular flexibility index (Phi) is 4.33. The zero-order valence-electron chi connectivity index (χ0n) is 10.2. The van der Waals surface area contributed by atoms with Crippen LogP contribution in [0.25, 0.3) is 0 Å². The van der Waals surface area contributed by atoms with Gasteiger partial charge in [0.15, 0.2) is 0 Å². The lowest BCUT2D eigenvalue weighted by molar-refractivity contribution is 0.188. The van der Waals surface area contributed by atoms with Gasteiger partial charge < -0.3 is 15.9 Å². The maximum atomic E-state index is 9.48. The first-order chi connectivity index (χ1) is 7.41. The number of aryl methyl sites for hydroxylation is 1. The van der Waals surface area contributed by atoms with Crippen LogP contribution in [0.2, 0.25) is 0 Å². The summed E-state index contributed by atoms with van der Waals surface area (Å²) in [7, 11) is 0. The molecule has 0 aliphatic heterocycles. The van der Waals surface area contributed by atoms with Crippen molar-refractivity contribution < 1.29 is 10.2 Å². The van der Waals surface area contributed by atoms with Gasteiger partial charge >= 0.3 is 0 Å². The number of hydrogen-bond donors (Lipinski definition) is 3. The van der Waals surface area contributed by atoms with Gasteiger partial charge in [0.2, 0.25) is 0 Å². The molecule has 1 rings (SSSR count). The van der Waals surface area contributed by atoms with Crippen LogP contribution in [0.15, 0.2) is 12.1 Å². The number of rotatable bonds is 4. The monoisotopic (exact) mass is 223 g/mol. The summed E-state index contributed by atoms with van der Waals surface area (Å²) < 4.78 is 0. The molecule has 2 unspecified atom stereocenters. The minimum Gasteiger partial charge on any atom is -0.398 e. The molecule has 0 aliphatic carbocycles. The molecule has 0 spiro atoms. The lowest BCUT2D eigenvalue weighted by Gasteiger charge is -2.17. The highest BCUT2D eigenvalue weighted by molar-refractivity contribution is 5.54. The van der Waals surface area contributed by atoms with E-state index in [4.69, 9.17) is 5.73 Å². The molecular weight excluding hydrogens is 202 g/mol. The normalized spacial score (nSPS) is 14.8. The Morgan fingerprint density at radius 1 is 1.06 bits per heavy atom. The first-order valence-electron chi connectivity index (χ1n) is 5.64. The molecule has 16 heavy (non-hydrogen) atoms. The van der Waals surface area contributed by atoms with Crippen molar-refractivity contribution in [1.29, 1.82) is 0 Å². The Morgan fingerprint density at radius 3 is 2.06 bits per heavy atom. The zero-order chi connectivity index (χ0) is 12.3. The number of benzene rings is 1. The molecule has 0 radical (unpaired) electrons. The summed E-state index contributed by atoms with van der Waals surface area (Å²) in [6, 6.07) is 3.82. The van der Waals surface area contributed by atoms with Crippen LogP contribution >= 0.6 is 0 Å². The Labute approximate surface area is 96.9 Å². The van der Waals surface area contributed by atoms with Crippen molar-refractivity contribution in [1.82, 2.24) is 0 Å². The summed E-state index contributed by atoms with van der Waals surface area (Å²) in [5, 5.41) is 18.9. The average molecular weight is 223 g/mol. The van der Waals surface area contributed by atoms with Gasteiger partial charge in [-0.3, -0.25) is 0 Å². The van der Waals surface area contributed by atoms with E-state index in [9.17, 15) is 10.2 Å². The van der Waals surface area contributed by atoms with Crippen LogP contribution in [0.3, 0.4) is 0 Å². The molecule has 0 saturated heterocycles. The van der Waals surface area contributed by atoms with E-state index < -0.39 is 12.2 Å². The van der Waals surface area contributed by atoms with Crippen molar-refractivity contribution >= 4 is 5.69 Å². The van der Waals surface area contributed by atoms with E-state index >= 15 is 0 Å². The fourth-order valence-electron chi connectivity index (χ4n) is 1.94. The number of nitrogens with two attached hydrogens (primary N) is 1.